The molecule has 0 bridgehead atoms. The number of aromatic amines is 1. The number of piperazine rings is 1. The van der Waals surface area contributed by atoms with E-state index in [9.17, 15) is 26.3 Å². The molecule has 2 aromatic carbocycles. The Morgan fingerprint density at radius 2 is 1.52 bits per heavy atom. The molecule has 40 heavy (non-hydrogen) atoms. The normalized spacial score (nSPS) is 16.4. The third kappa shape index (κ3) is 8.73. The predicted molar refractivity (Wildman–Crippen MR) is 135 cm³/mol. The van der Waals surface area contributed by atoms with Crippen LogP contribution in [-0.2, 0) is 29.9 Å². The molecule has 13 heteroatoms. The van der Waals surface area contributed by atoms with E-state index in [-0.39, 0.29) is 37.3 Å². The van der Waals surface area contributed by atoms with Crippen molar-refractivity contribution in [3.8, 4) is 0 Å². The van der Waals surface area contributed by atoms with Gasteiger partial charge in [0.15, 0.2) is 5.82 Å². The van der Waals surface area contributed by atoms with Crippen LogP contribution in [0.25, 0.3) is 0 Å². The number of H-pyrrole nitrogens is 1. The first-order chi connectivity index (χ1) is 19.1. The molecule has 4 rings (SSSR count). The molecule has 7 nitrogen and oxygen atoms in total. The zero-order chi connectivity index (χ0) is 28.6. The van der Waals surface area contributed by atoms with Gasteiger partial charge in [-0.25, -0.2) is 0 Å². The molecular weight excluding hydrogens is 538 g/mol. The predicted octanol–water partition coefficient (Wildman–Crippen LogP) is 5.18. The van der Waals surface area contributed by atoms with Gasteiger partial charge in [0.05, 0.1) is 30.4 Å². The van der Waals surface area contributed by atoms with Crippen LogP contribution in [0, 0.1) is 0 Å². The Kier molecular flexibility index (Phi) is 10.1. The van der Waals surface area contributed by atoms with Crippen LogP contribution >= 0.6 is 0 Å². The van der Waals surface area contributed by atoms with Crippen molar-refractivity contribution >= 4 is 0 Å². The highest BCUT2D eigenvalue weighted by Gasteiger charge is 2.36. The number of unbranched alkanes of at least 4 members (excludes halogenated alkanes) is 1. The van der Waals surface area contributed by atoms with Gasteiger partial charge in [-0.1, -0.05) is 35.5 Å². The third-order valence-corrected chi connectivity index (χ3v) is 7.00. The molecule has 0 radical (unpaired) electrons. The Morgan fingerprint density at radius 1 is 0.850 bits per heavy atom. The van der Waals surface area contributed by atoms with Gasteiger partial charge >= 0.3 is 12.4 Å². The molecule has 1 aliphatic heterocycles. The van der Waals surface area contributed by atoms with E-state index in [1.807, 2.05) is 30.3 Å². The van der Waals surface area contributed by atoms with E-state index in [0.717, 1.165) is 69.7 Å². The highest BCUT2D eigenvalue weighted by atomic mass is 19.4. The second kappa shape index (κ2) is 13.6. The van der Waals surface area contributed by atoms with Gasteiger partial charge in [-0.05, 0) is 55.1 Å². The number of aromatic nitrogens is 4. The molecule has 3 aromatic rings. The second-order valence-corrected chi connectivity index (χ2v) is 9.83. The van der Waals surface area contributed by atoms with E-state index in [2.05, 4.69) is 30.4 Å². The number of tetrazole rings is 1. The molecule has 218 valence electrons. The number of alkyl halides is 6. The van der Waals surface area contributed by atoms with Crippen LogP contribution in [0.3, 0.4) is 0 Å². The SMILES string of the molecule is FC(F)(F)c1cc(CCOCC(c2ccccc2)N2CCN(CCCCc3nn[nH]n3)CC2)cc(C(F)(F)F)c1. The maximum atomic E-state index is 13.2. The Balaban J connectivity index is 1.30. The minimum Gasteiger partial charge on any atom is -0.379 e. The molecule has 1 aliphatic rings. The first-order valence-electron chi connectivity index (χ1n) is 13.2. The van der Waals surface area contributed by atoms with Crippen LogP contribution in [0.5, 0.6) is 0 Å². The maximum absolute atomic E-state index is 13.2. The van der Waals surface area contributed by atoms with Crippen LogP contribution in [0.2, 0.25) is 0 Å². The first kappa shape index (κ1) is 29.9. The van der Waals surface area contributed by atoms with Crippen molar-refractivity contribution in [2.45, 2.75) is 44.1 Å². The van der Waals surface area contributed by atoms with E-state index >= 15 is 0 Å². The number of aryl methyl sites for hydroxylation is 1. The minimum atomic E-state index is -4.87. The van der Waals surface area contributed by atoms with Crippen LogP contribution in [0.4, 0.5) is 26.3 Å². The molecule has 1 unspecified atom stereocenters. The van der Waals surface area contributed by atoms with Crippen molar-refractivity contribution in [2.24, 2.45) is 0 Å². The van der Waals surface area contributed by atoms with Crippen molar-refractivity contribution < 1.29 is 31.1 Å². The lowest BCUT2D eigenvalue weighted by atomic mass is 10.0. The summed E-state index contributed by atoms with van der Waals surface area (Å²) in [5, 5.41) is 13.9. The van der Waals surface area contributed by atoms with Gasteiger partial charge in [-0.2, -0.15) is 31.6 Å². The Labute approximate surface area is 228 Å². The van der Waals surface area contributed by atoms with Gasteiger partial charge < -0.3 is 9.64 Å². The van der Waals surface area contributed by atoms with E-state index < -0.39 is 23.5 Å². The molecular formula is C27H32F6N6O. The number of hydrogen-bond donors (Lipinski definition) is 1. The average molecular weight is 571 g/mol. The molecule has 2 heterocycles. The molecule has 1 N–H and O–H groups in total. The molecule has 1 saturated heterocycles. The summed E-state index contributed by atoms with van der Waals surface area (Å²) in [5.74, 6) is 0.712. The van der Waals surface area contributed by atoms with Gasteiger partial charge in [-0.15, -0.1) is 10.2 Å². The van der Waals surface area contributed by atoms with Crippen LogP contribution < -0.4 is 0 Å². The summed E-state index contributed by atoms with van der Waals surface area (Å²) in [4.78, 5) is 4.72. The number of nitrogens with zero attached hydrogens (tertiary/aromatic N) is 5. The van der Waals surface area contributed by atoms with E-state index in [0.29, 0.717) is 5.82 Å². The van der Waals surface area contributed by atoms with E-state index in [4.69, 9.17) is 4.74 Å². The number of rotatable bonds is 12. The standard InChI is InChI=1S/C27H32F6N6O/c28-26(29,30)22-16-20(17-23(18-22)27(31,32)33)9-15-40-19-24(21-6-2-1-3-7-21)39-13-11-38(12-14-39)10-5-4-8-25-34-36-37-35-25/h1-3,6-7,16-18,24H,4-5,8-15,19H2,(H,34,35,36,37). The van der Waals surface area contributed by atoms with Gasteiger partial charge in [0, 0.05) is 32.6 Å². The second-order valence-electron chi connectivity index (χ2n) is 9.83. The molecule has 1 fully saturated rings. The third-order valence-electron chi connectivity index (χ3n) is 7.00. The molecule has 0 aliphatic carbocycles. The molecule has 0 spiro atoms. The van der Waals surface area contributed by atoms with Gasteiger partial charge in [0.2, 0.25) is 0 Å². The largest absolute Gasteiger partial charge is 0.416 e. The quantitative estimate of drug-likeness (QED) is 0.239. The summed E-state index contributed by atoms with van der Waals surface area (Å²) < 4.78 is 84.9. The number of ether oxygens (including phenoxy) is 1. The zero-order valence-corrected chi connectivity index (χ0v) is 21.9. The smallest absolute Gasteiger partial charge is 0.379 e. The summed E-state index contributed by atoms with van der Waals surface area (Å²) in [7, 11) is 0. The number of halogens is 6. The maximum Gasteiger partial charge on any atom is 0.416 e. The fourth-order valence-electron chi connectivity index (χ4n) is 4.84. The topological polar surface area (TPSA) is 70.2 Å². The minimum absolute atomic E-state index is 0.00227. The Hall–Kier alpha value is -3.03. The van der Waals surface area contributed by atoms with Crippen molar-refractivity contribution in [1.29, 1.82) is 0 Å². The lowest BCUT2D eigenvalue weighted by Crippen LogP contribution is -2.48. The van der Waals surface area contributed by atoms with E-state index in [1.165, 1.54) is 0 Å². The Morgan fingerprint density at radius 3 is 2.12 bits per heavy atom. The number of benzene rings is 2. The van der Waals surface area contributed by atoms with Gasteiger partial charge in [0.1, 0.15) is 0 Å². The van der Waals surface area contributed by atoms with Crippen molar-refractivity contribution in [3.05, 3.63) is 76.6 Å². The van der Waals surface area contributed by atoms with Crippen LogP contribution in [0.1, 0.15) is 47.0 Å². The van der Waals surface area contributed by atoms with Crippen molar-refractivity contribution in [1.82, 2.24) is 30.4 Å². The van der Waals surface area contributed by atoms with Gasteiger partial charge in [0.25, 0.3) is 0 Å². The zero-order valence-electron chi connectivity index (χ0n) is 21.9. The molecule has 1 aromatic heterocycles. The highest BCUT2D eigenvalue weighted by Crippen LogP contribution is 2.36. The van der Waals surface area contributed by atoms with Gasteiger partial charge in [-0.3, -0.25) is 4.90 Å². The fraction of sp³-hybridized carbons (Fsp3) is 0.519. The average Bonchev–Trinajstić information content (AvgIpc) is 3.45. The summed E-state index contributed by atoms with van der Waals surface area (Å²) in [6.07, 6.45) is -7.03. The summed E-state index contributed by atoms with van der Waals surface area (Å²) >= 11 is 0. The highest BCUT2D eigenvalue weighted by molar-refractivity contribution is 5.33. The fourth-order valence-corrected chi connectivity index (χ4v) is 4.84. The lowest BCUT2D eigenvalue weighted by Gasteiger charge is -2.39. The number of hydrogen-bond acceptors (Lipinski definition) is 6. The Bertz CT molecular complexity index is 1130. The lowest BCUT2D eigenvalue weighted by molar-refractivity contribution is -0.143. The summed E-state index contributed by atoms with van der Waals surface area (Å²) in [6, 6.07) is 11.4. The monoisotopic (exact) mass is 570 g/mol. The van der Waals surface area contributed by atoms with Crippen LogP contribution in [-0.4, -0.2) is 76.4 Å². The summed E-state index contributed by atoms with van der Waals surface area (Å²) in [6.45, 7) is 4.65. The molecule has 0 saturated carbocycles. The van der Waals surface area contributed by atoms with Crippen molar-refractivity contribution in [2.75, 3.05) is 45.9 Å². The van der Waals surface area contributed by atoms with Crippen molar-refractivity contribution in [3.63, 3.8) is 0 Å². The molecule has 1 atom stereocenters. The number of nitrogens with one attached hydrogen (secondary N) is 1. The summed E-state index contributed by atoms with van der Waals surface area (Å²) in [5.41, 5.74) is -1.64. The van der Waals surface area contributed by atoms with Crippen LogP contribution in [0.15, 0.2) is 48.5 Å². The molecule has 0 amide bonds. The van der Waals surface area contributed by atoms with E-state index in [1.54, 1.807) is 0 Å². The first-order valence-corrected chi connectivity index (χ1v) is 13.2.